The Morgan fingerprint density at radius 2 is 2.10 bits per heavy atom. The van der Waals surface area contributed by atoms with Gasteiger partial charge in [-0.05, 0) is 35.8 Å². The standard InChI is InChI=1S/C16H20N2O3/c1-16(7-8-16)10-17-15(21)18-9-6-11-4-2-3-5-12(11)13(18)14(19)20/h2-5,13H,6-10H2,1H3,(H,17,21)(H,19,20). The number of hydrogen-bond acceptors (Lipinski definition) is 2. The highest BCUT2D eigenvalue weighted by molar-refractivity contribution is 5.84. The summed E-state index contributed by atoms with van der Waals surface area (Å²) in [6.45, 7) is 3.19. The molecule has 2 N–H and O–H groups in total. The summed E-state index contributed by atoms with van der Waals surface area (Å²) in [5.74, 6) is -0.977. The van der Waals surface area contributed by atoms with E-state index >= 15 is 0 Å². The lowest BCUT2D eigenvalue weighted by molar-refractivity contribution is -0.142. The summed E-state index contributed by atoms with van der Waals surface area (Å²) < 4.78 is 0. The molecule has 0 bridgehead atoms. The molecule has 1 aromatic carbocycles. The third kappa shape index (κ3) is 2.73. The number of fused-ring (bicyclic) bond motifs is 1. The maximum atomic E-state index is 12.3. The summed E-state index contributed by atoms with van der Waals surface area (Å²) in [4.78, 5) is 25.4. The van der Waals surface area contributed by atoms with E-state index in [2.05, 4.69) is 12.2 Å². The minimum absolute atomic E-state index is 0.210. The molecule has 5 heteroatoms. The molecule has 2 amide bonds. The molecule has 21 heavy (non-hydrogen) atoms. The number of benzene rings is 1. The van der Waals surface area contributed by atoms with Gasteiger partial charge in [-0.3, -0.25) is 0 Å². The quantitative estimate of drug-likeness (QED) is 0.895. The van der Waals surface area contributed by atoms with Crippen LogP contribution in [0.15, 0.2) is 24.3 Å². The van der Waals surface area contributed by atoms with Gasteiger partial charge in [-0.2, -0.15) is 0 Å². The third-order valence-electron chi connectivity index (χ3n) is 4.55. The zero-order valence-electron chi connectivity index (χ0n) is 12.1. The molecular weight excluding hydrogens is 268 g/mol. The number of nitrogens with zero attached hydrogens (tertiary/aromatic N) is 1. The van der Waals surface area contributed by atoms with Crippen molar-refractivity contribution < 1.29 is 14.7 Å². The van der Waals surface area contributed by atoms with Crippen LogP contribution in [0, 0.1) is 5.41 Å². The lowest BCUT2D eigenvalue weighted by Crippen LogP contribution is -2.49. The zero-order chi connectivity index (χ0) is 15.0. The summed E-state index contributed by atoms with van der Waals surface area (Å²) in [5, 5.41) is 12.4. The second-order valence-electron chi connectivity index (χ2n) is 6.35. The highest BCUT2D eigenvalue weighted by Gasteiger charge is 2.40. The molecule has 3 rings (SSSR count). The number of carboxylic acid groups (broad SMARTS) is 1. The average molecular weight is 288 g/mol. The van der Waals surface area contributed by atoms with Crippen molar-refractivity contribution in [2.45, 2.75) is 32.2 Å². The number of carbonyl (C=O) groups is 2. The van der Waals surface area contributed by atoms with Gasteiger partial charge in [0, 0.05) is 13.1 Å². The van der Waals surface area contributed by atoms with E-state index < -0.39 is 12.0 Å². The minimum atomic E-state index is -0.977. The van der Waals surface area contributed by atoms with Crippen molar-refractivity contribution in [3.8, 4) is 0 Å². The number of amides is 2. The Morgan fingerprint density at radius 1 is 1.38 bits per heavy atom. The van der Waals surface area contributed by atoms with Crippen molar-refractivity contribution in [2.75, 3.05) is 13.1 Å². The second kappa shape index (κ2) is 5.06. The van der Waals surface area contributed by atoms with Gasteiger partial charge in [0.05, 0.1) is 0 Å². The second-order valence-corrected chi connectivity index (χ2v) is 6.35. The highest BCUT2D eigenvalue weighted by atomic mass is 16.4. The van der Waals surface area contributed by atoms with Gasteiger partial charge < -0.3 is 15.3 Å². The van der Waals surface area contributed by atoms with E-state index in [-0.39, 0.29) is 11.4 Å². The fourth-order valence-corrected chi connectivity index (χ4v) is 2.83. The molecule has 1 aliphatic heterocycles. The summed E-state index contributed by atoms with van der Waals surface area (Å²) in [6, 6.07) is 6.30. The average Bonchev–Trinajstić information content (AvgIpc) is 3.21. The molecule has 1 saturated carbocycles. The third-order valence-corrected chi connectivity index (χ3v) is 4.55. The number of carbonyl (C=O) groups excluding carboxylic acids is 1. The van der Waals surface area contributed by atoms with Gasteiger partial charge in [-0.15, -0.1) is 0 Å². The monoisotopic (exact) mass is 288 g/mol. The Labute approximate surface area is 123 Å². The van der Waals surface area contributed by atoms with Crippen LogP contribution in [0.1, 0.15) is 36.9 Å². The highest BCUT2D eigenvalue weighted by Crippen LogP contribution is 2.44. The van der Waals surface area contributed by atoms with E-state index in [1.54, 1.807) is 6.07 Å². The fourth-order valence-electron chi connectivity index (χ4n) is 2.83. The minimum Gasteiger partial charge on any atom is -0.479 e. The van der Waals surface area contributed by atoms with E-state index in [1.807, 2.05) is 18.2 Å². The topological polar surface area (TPSA) is 69.6 Å². The Bertz CT molecular complexity index is 581. The summed E-state index contributed by atoms with van der Waals surface area (Å²) in [5.41, 5.74) is 1.95. The predicted molar refractivity (Wildman–Crippen MR) is 78.0 cm³/mol. The number of carboxylic acids is 1. The SMILES string of the molecule is CC1(CNC(=O)N2CCc3ccccc3C2C(=O)O)CC1. The summed E-state index contributed by atoms with van der Waals surface area (Å²) >= 11 is 0. The van der Waals surface area contributed by atoms with Crippen molar-refractivity contribution in [1.29, 1.82) is 0 Å². The van der Waals surface area contributed by atoms with Crippen molar-refractivity contribution in [3.63, 3.8) is 0 Å². The molecule has 0 aromatic heterocycles. The van der Waals surface area contributed by atoms with Gasteiger partial charge in [-0.25, -0.2) is 9.59 Å². The van der Waals surface area contributed by atoms with Crippen LogP contribution in [0.25, 0.3) is 0 Å². The van der Waals surface area contributed by atoms with Crippen LogP contribution in [-0.2, 0) is 11.2 Å². The first-order valence-electron chi connectivity index (χ1n) is 7.35. The Morgan fingerprint density at radius 3 is 2.76 bits per heavy atom. The maximum Gasteiger partial charge on any atom is 0.331 e. The Kier molecular flexibility index (Phi) is 3.35. The van der Waals surface area contributed by atoms with Gasteiger partial charge in [0.15, 0.2) is 6.04 Å². The molecule has 1 atom stereocenters. The lowest BCUT2D eigenvalue weighted by atomic mass is 9.93. The van der Waals surface area contributed by atoms with Gasteiger partial charge in [0.25, 0.3) is 0 Å². The number of nitrogens with one attached hydrogen (secondary N) is 1. The molecule has 2 aliphatic rings. The number of hydrogen-bond donors (Lipinski definition) is 2. The molecule has 1 fully saturated rings. The number of aliphatic carboxylic acids is 1. The summed E-state index contributed by atoms with van der Waals surface area (Å²) in [7, 11) is 0. The van der Waals surface area contributed by atoms with Gasteiger partial charge in [0.1, 0.15) is 0 Å². The first kappa shape index (κ1) is 13.9. The Hall–Kier alpha value is -2.04. The van der Waals surface area contributed by atoms with E-state index in [9.17, 15) is 14.7 Å². The largest absolute Gasteiger partial charge is 0.479 e. The molecule has 112 valence electrons. The van der Waals surface area contributed by atoms with Gasteiger partial charge >= 0.3 is 12.0 Å². The van der Waals surface area contributed by atoms with Crippen molar-refractivity contribution >= 4 is 12.0 Å². The molecule has 1 heterocycles. The molecule has 0 spiro atoms. The number of rotatable bonds is 3. The molecule has 0 saturated heterocycles. The van der Waals surface area contributed by atoms with Gasteiger partial charge in [-0.1, -0.05) is 31.2 Å². The van der Waals surface area contributed by atoms with E-state index in [0.29, 0.717) is 19.5 Å². The molecule has 1 unspecified atom stereocenters. The summed E-state index contributed by atoms with van der Waals surface area (Å²) in [6.07, 6.45) is 2.95. The normalized spacial score (nSPS) is 22.3. The molecule has 1 aliphatic carbocycles. The maximum absolute atomic E-state index is 12.3. The van der Waals surface area contributed by atoms with Crippen molar-refractivity contribution in [3.05, 3.63) is 35.4 Å². The van der Waals surface area contributed by atoms with Crippen LogP contribution in [0.3, 0.4) is 0 Å². The van der Waals surface area contributed by atoms with Crippen LogP contribution < -0.4 is 5.32 Å². The van der Waals surface area contributed by atoms with E-state index in [1.165, 1.54) is 4.90 Å². The van der Waals surface area contributed by atoms with Crippen LogP contribution in [-0.4, -0.2) is 35.1 Å². The smallest absolute Gasteiger partial charge is 0.331 e. The van der Waals surface area contributed by atoms with Crippen LogP contribution in [0.2, 0.25) is 0 Å². The zero-order valence-corrected chi connectivity index (χ0v) is 12.1. The fraction of sp³-hybridized carbons (Fsp3) is 0.500. The van der Waals surface area contributed by atoms with Crippen LogP contribution in [0.4, 0.5) is 4.79 Å². The first-order valence-corrected chi connectivity index (χ1v) is 7.35. The van der Waals surface area contributed by atoms with E-state index in [4.69, 9.17) is 0 Å². The van der Waals surface area contributed by atoms with Crippen molar-refractivity contribution in [2.24, 2.45) is 5.41 Å². The Balaban J connectivity index is 1.78. The molecule has 0 radical (unpaired) electrons. The predicted octanol–water partition coefficient (Wildman–Crippen LogP) is 2.18. The van der Waals surface area contributed by atoms with Crippen LogP contribution in [0.5, 0.6) is 0 Å². The van der Waals surface area contributed by atoms with E-state index in [0.717, 1.165) is 24.0 Å². The lowest BCUT2D eigenvalue weighted by Gasteiger charge is -2.35. The first-order chi connectivity index (χ1) is 10.0. The van der Waals surface area contributed by atoms with Gasteiger partial charge in [0.2, 0.25) is 0 Å². The molecular formula is C16H20N2O3. The van der Waals surface area contributed by atoms with Crippen molar-refractivity contribution in [1.82, 2.24) is 10.2 Å². The van der Waals surface area contributed by atoms with Crippen LogP contribution >= 0.6 is 0 Å². The molecule has 1 aromatic rings. The number of urea groups is 1. The molecule has 5 nitrogen and oxygen atoms in total.